The van der Waals surface area contributed by atoms with E-state index in [4.69, 9.17) is 9.47 Å². The molecule has 1 saturated carbocycles. The van der Waals surface area contributed by atoms with Gasteiger partial charge in [0.05, 0.1) is 14.2 Å². The first-order chi connectivity index (χ1) is 11.2. The van der Waals surface area contributed by atoms with Gasteiger partial charge in [-0.3, -0.25) is 0 Å². The van der Waals surface area contributed by atoms with Crippen molar-refractivity contribution >= 4 is 0 Å². The molecular weight excluding hydrogens is 293 g/mol. The van der Waals surface area contributed by atoms with E-state index >= 15 is 0 Å². The van der Waals surface area contributed by atoms with Gasteiger partial charge in [-0.1, -0.05) is 18.2 Å². The Labute approximate surface area is 136 Å². The standard InChI is InChI=1S/C19H22FNO2/c1-22-18-6-4-3-5-13(18)11-21-12-14-9-16(14)17-10-15(20)7-8-19(17)23-2/h3-8,10,14,16,21H,9,11-12H2,1-2H3. The molecule has 1 aliphatic carbocycles. The van der Waals surface area contributed by atoms with Gasteiger partial charge in [0, 0.05) is 17.7 Å². The van der Waals surface area contributed by atoms with Crippen molar-refractivity contribution in [2.24, 2.45) is 5.92 Å². The first kappa shape index (κ1) is 15.8. The van der Waals surface area contributed by atoms with Gasteiger partial charge in [-0.2, -0.15) is 0 Å². The van der Waals surface area contributed by atoms with E-state index in [0.717, 1.165) is 42.1 Å². The minimum atomic E-state index is -0.201. The number of hydrogen-bond donors (Lipinski definition) is 1. The molecule has 0 heterocycles. The van der Waals surface area contributed by atoms with Crippen molar-refractivity contribution in [2.75, 3.05) is 20.8 Å². The Kier molecular flexibility index (Phi) is 4.82. The van der Waals surface area contributed by atoms with E-state index in [1.54, 1.807) is 26.4 Å². The zero-order valence-corrected chi connectivity index (χ0v) is 13.5. The highest BCUT2D eigenvalue weighted by Crippen LogP contribution is 2.50. The Morgan fingerprint density at radius 3 is 2.65 bits per heavy atom. The van der Waals surface area contributed by atoms with E-state index < -0.39 is 0 Å². The second-order valence-electron chi connectivity index (χ2n) is 5.93. The molecule has 2 atom stereocenters. The van der Waals surface area contributed by atoms with Crippen LogP contribution < -0.4 is 14.8 Å². The van der Waals surface area contributed by atoms with E-state index in [0.29, 0.717) is 11.8 Å². The molecule has 0 spiro atoms. The molecule has 0 amide bonds. The number of benzene rings is 2. The molecule has 1 fully saturated rings. The number of hydrogen-bond acceptors (Lipinski definition) is 3. The Morgan fingerprint density at radius 1 is 1.09 bits per heavy atom. The van der Waals surface area contributed by atoms with Gasteiger partial charge in [-0.25, -0.2) is 4.39 Å². The molecule has 0 aliphatic heterocycles. The van der Waals surface area contributed by atoms with Gasteiger partial charge in [-0.15, -0.1) is 0 Å². The number of methoxy groups -OCH3 is 2. The molecule has 0 radical (unpaired) electrons. The SMILES string of the molecule is COc1ccccc1CNCC1CC1c1cc(F)ccc1OC. The van der Waals surface area contributed by atoms with Crippen LogP contribution in [0.1, 0.15) is 23.5 Å². The van der Waals surface area contributed by atoms with Gasteiger partial charge in [0.1, 0.15) is 17.3 Å². The normalized spacial score (nSPS) is 19.4. The Hall–Kier alpha value is -2.07. The summed E-state index contributed by atoms with van der Waals surface area (Å²) in [6, 6.07) is 12.8. The van der Waals surface area contributed by atoms with Crippen molar-refractivity contribution in [1.82, 2.24) is 5.32 Å². The Morgan fingerprint density at radius 2 is 1.87 bits per heavy atom. The lowest BCUT2D eigenvalue weighted by Crippen LogP contribution is -2.17. The maximum atomic E-state index is 13.5. The van der Waals surface area contributed by atoms with E-state index in [2.05, 4.69) is 11.4 Å². The molecule has 1 aliphatic rings. The van der Waals surface area contributed by atoms with Crippen LogP contribution in [-0.4, -0.2) is 20.8 Å². The second kappa shape index (κ2) is 7.01. The second-order valence-corrected chi connectivity index (χ2v) is 5.93. The fourth-order valence-electron chi connectivity index (χ4n) is 3.09. The molecule has 3 nitrogen and oxygen atoms in total. The predicted octanol–water partition coefficient (Wildman–Crippen LogP) is 3.74. The van der Waals surface area contributed by atoms with Crippen molar-refractivity contribution in [1.29, 1.82) is 0 Å². The third-order valence-corrected chi connectivity index (χ3v) is 4.43. The van der Waals surface area contributed by atoms with Gasteiger partial charge >= 0.3 is 0 Å². The molecule has 23 heavy (non-hydrogen) atoms. The van der Waals surface area contributed by atoms with E-state index in [1.807, 2.05) is 18.2 Å². The van der Waals surface area contributed by atoms with Crippen molar-refractivity contribution in [3.8, 4) is 11.5 Å². The Balaban J connectivity index is 1.55. The fourth-order valence-corrected chi connectivity index (χ4v) is 3.09. The highest BCUT2D eigenvalue weighted by atomic mass is 19.1. The van der Waals surface area contributed by atoms with Crippen molar-refractivity contribution in [3.63, 3.8) is 0 Å². The van der Waals surface area contributed by atoms with Gasteiger partial charge in [0.15, 0.2) is 0 Å². The summed E-state index contributed by atoms with van der Waals surface area (Å²) in [7, 11) is 3.32. The van der Waals surface area contributed by atoms with Crippen molar-refractivity contribution in [2.45, 2.75) is 18.9 Å². The van der Waals surface area contributed by atoms with E-state index in [9.17, 15) is 4.39 Å². The molecule has 122 valence electrons. The number of para-hydroxylation sites is 1. The van der Waals surface area contributed by atoms with Gasteiger partial charge in [-0.05, 0) is 49.1 Å². The van der Waals surface area contributed by atoms with Gasteiger partial charge in [0.25, 0.3) is 0 Å². The molecule has 0 aromatic heterocycles. The highest BCUT2D eigenvalue weighted by molar-refractivity contribution is 5.40. The quantitative estimate of drug-likeness (QED) is 0.844. The van der Waals surface area contributed by atoms with Gasteiger partial charge < -0.3 is 14.8 Å². The van der Waals surface area contributed by atoms with Crippen LogP contribution in [-0.2, 0) is 6.54 Å². The van der Waals surface area contributed by atoms with Crippen LogP contribution in [0.15, 0.2) is 42.5 Å². The van der Waals surface area contributed by atoms with E-state index in [1.165, 1.54) is 6.07 Å². The first-order valence-corrected chi connectivity index (χ1v) is 7.89. The minimum absolute atomic E-state index is 0.201. The zero-order valence-electron chi connectivity index (χ0n) is 13.5. The monoisotopic (exact) mass is 315 g/mol. The van der Waals surface area contributed by atoms with E-state index in [-0.39, 0.29) is 5.82 Å². The maximum Gasteiger partial charge on any atom is 0.123 e. The maximum absolute atomic E-state index is 13.5. The summed E-state index contributed by atoms with van der Waals surface area (Å²) in [5.74, 6) is 2.39. The first-order valence-electron chi connectivity index (χ1n) is 7.89. The molecule has 2 unspecified atom stereocenters. The van der Waals surface area contributed by atoms with Crippen LogP contribution >= 0.6 is 0 Å². The minimum Gasteiger partial charge on any atom is -0.496 e. The average Bonchev–Trinajstić information content (AvgIpc) is 3.34. The van der Waals surface area contributed by atoms with Crippen LogP contribution in [0.5, 0.6) is 11.5 Å². The number of rotatable bonds is 7. The Bertz CT molecular complexity index is 674. The number of ether oxygens (including phenoxy) is 2. The topological polar surface area (TPSA) is 30.5 Å². The summed E-state index contributed by atoms with van der Waals surface area (Å²) < 4.78 is 24.2. The summed E-state index contributed by atoms with van der Waals surface area (Å²) in [6.45, 7) is 1.68. The average molecular weight is 315 g/mol. The third kappa shape index (κ3) is 3.64. The molecule has 2 aromatic carbocycles. The predicted molar refractivity (Wildman–Crippen MR) is 88.5 cm³/mol. The summed E-state index contributed by atoms with van der Waals surface area (Å²) in [4.78, 5) is 0. The smallest absolute Gasteiger partial charge is 0.123 e. The summed E-state index contributed by atoms with van der Waals surface area (Å²) in [6.07, 6.45) is 1.07. The highest BCUT2D eigenvalue weighted by Gasteiger charge is 2.39. The van der Waals surface area contributed by atoms with Crippen molar-refractivity contribution in [3.05, 3.63) is 59.4 Å². The van der Waals surface area contributed by atoms with Crippen LogP contribution in [0.2, 0.25) is 0 Å². The van der Waals surface area contributed by atoms with Crippen molar-refractivity contribution < 1.29 is 13.9 Å². The number of nitrogens with one attached hydrogen (secondary N) is 1. The molecule has 3 rings (SSSR count). The molecule has 0 bridgehead atoms. The fraction of sp³-hybridized carbons (Fsp3) is 0.368. The summed E-state index contributed by atoms with van der Waals surface area (Å²) in [5, 5.41) is 3.48. The van der Waals surface area contributed by atoms with Crippen LogP contribution in [0.3, 0.4) is 0 Å². The lowest BCUT2D eigenvalue weighted by Gasteiger charge is -2.10. The lowest BCUT2D eigenvalue weighted by molar-refractivity contribution is 0.406. The van der Waals surface area contributed by atoms with Crippen LogP contribution in [0.4, 0.5) is 4.39 Å². The summed E-state index contributed by atoms with van der Waals surface area (Å²) >= 11 is 0. The lowest BCUT2D eigenvalue weighted by atomic mass is 10.1. The molecule has 2 aromatic rings. The molecule has 0 saturated heterocycles. The number of halogens is 1. The zero-order chi connectivity index (χ0) is 16.2. The van der Waals surface area contributed by atoms with Gasteiger partial charge in [0.2, 0.25) is 0 Å². The molecular formula is C19H22FNO2. The van der Waals surface area contributed by atoms with Crippen LogP contribution in [0, 0.1) is 11.7 Å². The van der Waals surface area contributed by atoms with Crippen LogP contribution in [0.25, 0.3) is 0 Å². The summed E-state index contributed by atoms with van der Waals surface area (Å²) in [5.41, 5.74) is 2.13. The molecule has 4 heteroatoms. The third-order valence-electron chi connectivity index (χ3n) is 4.43. The largest absolute Gasteiger partial charge is 0.496 e. The molecule has 1 N–H and O–H groups in total.